The van der Waals surface area contributed by atoms with Crippen LogP contribution in [0.4, 0.5) is 4.39 Å². The van der Waals surface area contributed by atoms with Gasteiger partial charge >= 0.3 is 0 Å². The Morgan fingerprint density at radius 2 is 2.22 bits per heavy atom. The van der Waals surface area contributed by atoms with Crippen LogP contribution in [0.15, 0.2) is 18.2 Å². The van der Waals surface area contributed by atoms with Crippen molar-refractivity contribution in [1.82, 2.24) is 20.1 Å². The van der Waals surface area contributed by atoms with Crippen LogP contribution in [0.25, 0.3) is 11.4 Å². The van der Waals surface area contributed by atoms with Gasteiger partial charge in [0, 0.05) is 13.1 Å². The normalized spacial score (nSPS) is 18.7. The van der Waals surface area contributed by atoms with Crippen LogP contribution in [-0.2, 0) is 6.54 Å². The largest absolute Gasteiger partial charge is 0.308 e. The molecule has 0 saturated heterocycles. The predicted molar refractivity (Wildman–Crippen MR) is 66.6 cm³/mol. The second-order valence-electron chi connectivity index (χ2n) is 4.69. The Morgan fingerprint density at radius 1 is 1.39 bits per heavy atom. The molecule has 94 valence electrons. The molecule has 3 rings (SSSR count). The van der Waals surface area contributed by atoms with E-state index >= 15 is 0 Å². The van der Waals surface area contributed by atoms with E-state index in [0.717, 1.165) is 24.5 Å². The molecule has 0 bridgehead atoms. The SMILES string of the molecule is Cc1ccc(-c2nnc3n2CCNC3C)c(F)c1. The molecule has 1 aromatic heterocycles. The molecule has 0 fully saturated rings. The average Bonchev–Trinajstić information content (AvgIpc) is 2.74. The van der Waals surface area contributed by atoms with E-state index in [1.807, 2.05) is 24.5 Å². The van der Waals surface area contributed by atoms with Crippen LogP contribution >= 0.6 is 0 Å². The lowest BCUT2D eigenvalue weighted by molar-refractivity contribution is 0.438. The number of hydrogen-bond donors (Lipinski definition) is 1. The van der Waals surface area contributed by atoms with Gasteiger partial charge in [0.05, 0.1) is 11.6 Å². The molecule has 1 atom stereocenters. The summed E-state index contributed by atoms with van der Waals surface area (Å²) in [6.45, 7) is 5.54. The van der Waals surface area contributed by atoms with Gasteiger partial charge in [0.15, 0.2) is 5.82 Å². The smallest absolute Gasteiger partial charge is 0.167 e. The van der Waals surface area contributed by atoms with Crippen LogP contribution in [0.5, 0.6) is 0 Å². The number of fused-ring (bicyclic) bond motifs is 1. The summed E-state index contributed by atoms with van der Waals surface area (Å²) in [5, 5.41) is 11.6. The Labute approximate surface area is 105 Å². The maximum Gasteiger partial charge on any atom is 0.167 e. The molecule has 18 heavy (non-hydrogen) atoms. The highest BCUT2D eigenvalue weighted by atomic mass is 19.1. The van der Waals surface area contributed by atoms with Gasteiger partial charge in [-0.05, 0) is 31.5 Å². The Balaban J connectivity index is 2.12. The third-order valence-corrected chi connectivity index (χ3v) is 3.32. The monoisotopic (exact) mass is 246 g/mol. The van der Waals surface area contributed by atoms with Gasteiger partial charge in [-0.15, -0.1) is 10.2 Å². The molecule has 0 spiro atoms. The molecule has 5 heteroatoms. The first-order valence-electron chi connectivity index (χ1n) is 6.10. The fourth-order valence-corrected chi connectivity index (χ4v) is 2.34. The topological polar surface area (TPSA) is 42.7 Å². The van der Waals surface area contributed by atoms with Crippen LogP contribution in [0.1, 0.15) is 24.4 Å². The zero-order valence-electron chi connectivity index (χ0n) is 10.4. The van der Waals surface area contributed by atoms with Gasteiger partial charge in [-0.3, -0.25) is 0 Å². The zero-order valence-corrected chi connectivity index (χ0v) is 10.4. The van der Waals surface area contributed by atoms with Crippen LogP contribution in [0, 0.1) is 12.7 Å². The lowest BCUT2D eigenvalue weighted by atomic mass is 10.1. The van der Waals surface area contributed by atoms with E-state index in [0.29, 0.717) is 11.4 Å². The highest BCUT2D eigenvalue weighted by Crippen LogP contribution is 2.25. The summed E-state index contributed by atoms with van der Waals surface area (Å²) in [6.07, 6.45) is 0. The van der Waals surface area contributed by atoms with Crippen molar-refractivity contribution in [2.75, 3.05) is 6.54 Å². The lowest BCUT2D eigenvalue weighted by Crippen LogP contribution is -2.32. The lowest BCUT2D eigenvalue weighted by Gasteiger charge is -2.22. The fourth-order valence-electron chi connectivity index (χ4n) is 2.34. The van der Waals surface area contributed by atoms with E-state index in [9.17, 15) is 4.39 Å². The quantitative estimate of drug-likeness (QED) is 0.837. The number of nitrogens with zero attached hydrogens (tertiary/aromatic N) is 3. The molecule has 1 N–H and O–H groups in total. The third kappa shape index (κ3) is 1.71. The van der Waals surface area contributed by atoms with Crippen molar-refractivity contribution < 1.29 is 4.39 Å². The van der Waals surface area contributed by atoms with Crippen molar-refractivity contribution in [1.29, 1.82) is 0 Å². The van der Waals surface area contributed by atoms with Gasteiger partial charge in [0.25, 0.3) is 0 Å². The molecule has 1 unspecified atom stereocenters. The number of aromatic nitrogens is 3. The minimum Gasteiger partial charge on any atom is -0.308 e. The molecule has 0 aliphatic carbocycles. The van der Waals surface area contributed by atoms with E-state index in [4.69, 9.17) is 0 Å². The first-order valence-corrected chi connectivity index (χ1v) is 6.10. The highest BCUT2D eigenvalue weighted by Gasteiger charge is 2.23. The summed E-state index contributed by atoms with van der Waals surface area (Å²) in [6, 6.07) is 5.36. The molecule has 1 aliphatic heterocycles. The third-order valence-electron chi connectivity index (χ3n) is 3.32. The van der Waals surface area contributed by atoms with E-state index in [2.05, 4.69) is 15.5 Å². The number of hydrogen-bond acceptors (Lipinski definition) is 3. The first kappa shape index (κ1) is 11.3. The van der Waals surface area contributed by atoms with E-state index < -0.39 is 0 Å². The van der Waals surface area contributed by atoms with Crippen LogP contribution < -0.4 is 5.32 Å². The standard InChI is InChI=1S/C13H15FN4/c1-8-3-4-10(11(14)7-8)13-17-16-12-9(2)15-5-6-18(12)13/h3-4,7,9,15H,5-6H2,1-2H3. The van der Waals surface area contributed by atoms with Crippen molar-refractivity contribution >= 4 is 0 Å². The molecular formula is C13H15FN4. The Kier molecular flexibility index (Phi) is 2.63. The number of aryl methyl sites for hydroxylation is 1. The summed E-state index contributed by atoms with van der Waals surface area (Å²) >= 11 is 0. The van der Waals surface area contributed by atoms with Gasteiger partial charge in [-0.1, -0.05) is 6.07 Å². The number of benzene rings is 1. The molecule has 1 aliphatic rings. The molecule has 1 aromatic carbocycles. The van der Waals surface area contributed by atoms with Gasteiger partial charge < -0.3 is 9.88 Å². The van der Waals surface area contributed by atoms with Gasteiger partial charge in [0.1, 0.15) is 11.6 Å². The second-order valence-corrected chi connectivity index (χ2v) is 4.69. The van der Waals surface area contributed by atoms with Crippen LogP contribution in [-0.4, -0.2) is 21.3 Å². The van der Waals surface area contributed by atoms with Crippen molar-refractivity contribution in [3.8, 4) is 11.4 Å². The van der Waals surface area contributed by atoms with E-state index in [-0.39, 0.29) is 11.9 Å². The summed E-state index contributed by atoms with van der Waals surface area (Å²) in [4.78, 5) is 0. The molecule has 4 nitrogen and oxygen atoms in total. The van der Waals surface area contributed by atoms with Crippen LogP contribution in [0.3, 0.4) is 0 Å². The summed E-state index contributed by atoms with van der Waals surface area (Å²) in [7, 11) is 0. The maximum atomic E-state index is 14.0. The predicted octanol–water partition coefficient (Wildman–Crippen LogP) is 2.06. The molecule has 2 aromatic rings. The first-order chi connectivity index (χ1) is 8.66. The minimum atomic E-state index is -0.239. The summed E-state index contributed by atoms with van der Waals surface area (Å²) in [5.41, 5.74) is 1.43. The van der Waals surface area contributed by atoms with Crippen molar-refractivity contribution in [3.05, 3.63) is 35.4 Å². The van der Waals surface area contributed by atoms with E-state index in [1.54, 1.807) is 6.07 Å². The molecule has 0 saturated carbocycles. The number of rotatable bonds is 1. The Hall–Kier alpha value is -1.75. The molecular weight excluding hydrogens is 231 g/mol. The van der Waals surface area contributed by atoms with Gasteiger partial charge in [-0.25, -0.2) is 4.39 Å². The van der Waals surface area contributed by atoms with Gasteiger partial charge in [0.2, 0.25) is 0 Å². The molecule has 2 heterocycles. The van der Waals surface area contributed by atoms with Crippen molar-refractivity contribution in [2.45, 2.75) is 26.4 Å². The summed E-state index contributed by atoms with van der Waals surface area (Å²) in [5.74, 6) is 1.25. The number of nitrogens with one attached hydrogen (secondary N) is 1. The van der Waals surface area contributed by atoms with Gasteiger partial charge in [-0.2, -0.15) is 0 Å². The average molecular weight is 246 g/mol. The Morgan fingerprint density at radius 3 is 3.00 bits per heavy atom. The van der Waals surface area contributed by atoms with E-state index in [1.165, 1.54) is 6.07 Å². The van der Waals surface area contributed by atoms with Crippen LogP contribution in [0.2, 0.25) is 0 Å². The van der Waals surface area contributed by atoms with Crippen molar-refractivity contribution in [3.63, 3.8) is 0 Å². The molecule has 0 amide bonds. The highest BCUT2D eigenvalue weighted by molar-refractivity contribution is 5.57. The minimum absolute atomic E-state index is 0.161. The Bertz CT molecular complexity index is 591. The number of halogens is 1. The fraction of sp³-hybridized carbons (Fsp3) is 0.385. The van der Waals surface area contributed by atoms with Crippen molar-refractivity contribution in [2.24, 2.45) is 0 Å². The maximum absolute atomic E-state index is 14.0. The molecule has 0 radical (unpaired) electrons. The zero-order chi connectivity index (χ0) is 12.7. The second kappa shape index (κ2) is 4.17. The summed E-state index contributed by atoms with van der Waals surface area (Å²) < 4.78 is 16.0.